The minimum Gasteiger partial charge on any atom is -0.287 e. The van der Waals surface area contributed by atoms with E-state index in [4.69, 9.17) is 0 Å². The number of ketones is 1. The first kappa shape index (κ1) is 12.0. The highest BCUT2D eigenvalue weighted by Gasteiger charge is 2.09. The van der Waals surface area contributed by atoms with Gasteiger partial charge in [0.2, 0.25) is 5.78 Å². The van der Waals surface area contributed by atoms with Crippen molar-refractivity contribution < 1.29 is 4.79 Å². The van der Waals surface area contributed by atoms with Gasteiger partial charge < -0.3 is 0 Å². The largest absolute Gasteiger partial charge is 0.287 e. The number of benzene rings is 1. The van der Waals surface area contributed by atoms with Crippen molar-refractivity contribution in [2.75, 3.05) is 0 Å². The molecule has 0 aliphatic carbocycles. The lowest BCUT2D eigenvalue weighted by molar-refractivity contribution is 0.103. The first-order valence-electron chi connectivity index (χ1n) is 5.46. The van der Waals surface area contributed by atoms with Crippen molar-refractivity contribution in [1.29, 1.82) is 0 Å². The zero-order valence-corrected chi connectivity index (χ0v) is 11.1. The van der Waals surface area contributed by atoms with Gasteiger partial charge in [0.05, 0.1) is 0 Å². The molecular formula is C14H12BrNO. The summed E-state index contributed by atoms with van der Waals surface area (Å²) < 4.78 is 0.871. The molecule has 0 amide bonds. The summed E-state index contributed by atoms with van der Waals surface area (Å²) in [4.78, 5) is 16.2. The number of aromatic nitrogens is 1. The van der Waals surface area contributed by atoms with Crippen molar-refractivity contribution in [1.82, 2.24) is 4.98 Å². The minimum atomic E-state index is -0.0415. The van der Waals surface area contributed by atoms with Crippen molar-refractivity contribution >= 4 is 21.7 Å². The number of aryl methyl sites for hydroxylation is 1. The van der Waals surface area contributed by atoms with Crippen LogP contribution in [0, 0.1) is 0 Å². The Labute approximate surface area is 109 Å². The van der Waals surface area contributed by atoms with E-state index in [1.54, 1.807) is 12.3 Å². The zero-order chi connectivity index (χ0) is 12.3. The van der Waals surface area contributed by atoms with Gasteiger partial charge in [-0.05, 0) is 40.0 Å². The van der Waals surface area contributed by atoms with Gasteiger partial charge in [0.25, 0.3) is 0 Å². The predicted molar refractivity (Wildman–Crippen MR) is 71.2 cm³/mol. The second-order valence-corrected chi connectivity index (χ2v) is 4.66. The Kier molecular flexibility index (Phi) is 3.69. The third-order valence-electron chi connectivity index (χ3n) is 2.58. The molecule has 0 bridgehead atoms. The van der Waals surface area contributed by atoms with Gasteiger partial charge in [0.15, 0.2) is 0 Å². The monoisotopic (exact) mass is 289 g/mol. The summed E-state index contributed by atoms with van der Waals surface area (Å²) in [6.07, 6.45) is 2.61. The second kappa shape index (κ2) is 5.23. The summed E-state index contributed by atoms with van der Waals surface area (Å²) >= 11 is 3.30. The van der Waals surface area contributed by atoms with Crippen LogP contribution in [0.1, 0.15) is 28.5 Å². The Hall–Kier alpha value is -1.48. The van der Waals surface area contributed by atoms with Crippen LogP contribution >= 0.6 is 15.9 Å². The molecule has 0 saturated carbocycles. The van der Waals surface area contributed by atoms with Crippen LogP contribution in [0.5, 0.6) is 0 Å². The maximum absolute atomic E-state index is 12.1. The number of rotatable bonds is 3. The molecule has 0 aliphatic rings. The molecule has 3 heteroatoms. The van der Waals surface area contributed by atoms with Crippen molar-refractivity contribution in [3.05, 3.63) is 63.9 Å². The topological polar surface area (TPSA) is 30.0 Å². The van der Waals surface area contributed by atoms with Gasteiger partial charge in [-0.25, -0.2) is 0 Å². The number of carbonyl (C=O) groups is 1. The SMILES string of the molecule is CCc1ccc(C(=O)c2ccc(Br)cn2)cc1. The first-order chi connectivity index (χ1) is 8.20. The fourth-order valence-electron chi connectivity index (χ4n) is 1.55. The summed E-state index contributed by atoms with van der Waals surface area (Å²) in [5.41, 5.74) is 2.37. The lowest BCUT2D eigenvalue weighted by Gasteiger charge is -2.02. The molecule has 0 spiro atoms. The van der Waals surface area contributed by atoms with Crippen LogP contribution in [0.4, 0.5) is 0 Å². The van der Waals surface area contributed by atoms with E-state index in [9.17, 15) is 4.79 Å². The molecule has 86 valence electrons. The molecule has 2 aromatic rings. The van der Waals surface area contributed by atoms with Crippen LogP contribution < -0.4 is 0 Å². The third kappa shape index (κ3) is 2.80. The highest BCUT2D eigenvalue weighted by atomic mass is 79.9. The Morgan fingerprint density at radius 1 is 1.18 bits per heavy atom. The van der Waals surface area contributed by atoms with E-state index in [0.717, 1.165) is 10.9 Å². The number of pyridine rings is 1. The first-order valence-corrected chi connectivity index (χ1v) is 6.25. The van der Waals surface area contributed by atoms with E-state index in [0.29, 0.717) is 11.3 Å². The van der Waals surface area contributed by atoms with Crippen LogP contribution in [0.15, 0.2) is 47.1 Å². The summed E-state index contributed by atoms with van der Waals surface area (Å²) in [6, 6.07) is 11.2. The van der Waals surface area contributed by atoms with Crippen molar-refractivity contribution in [3.8, 4) is 0 Å². The van der Waals surface area contributed by atoms with Crippen LogP contribution in [0.3, 0.4) is 0 Å². The molecule has 0 saturated heterocycles. The molecule has 0 unspecified atom stereocenters. The normalized spacial score (nSPS) is 10.2. The summed E-state index contributed by atoms with van der Waals surface area (Å²) in [5.74, 6) is -0.0415. The molecule has 2 nitrogen and oxygen atoms in total. The Balaban J connectivity index is 2.27. The second-order valence-electron chi connectivity index (χ2n) is 3.74. The van der Waals surface area contributed by atoms with Crippen molar-refractivity contribution in [2.24, 2.45) is 0 Å². The maximum Gasteiger partial charge on any atom is 0.211 e. The number of hydrogen-bond acceptors (Lipinski definition) is 2. The summed E-state index contributed by atoms with van der Waals surface area (Å²) in [6.45, 7) is 2.09. The Bertz CT molecular complexity index is 517. The van der Waals surface area contributed by atoms with Gasteiger partial charge >= 0.3 is 0 Å². The lowest BCUT2D eigenvalue weighted by Crippen LogP contribution is -2.03. The Morgan fingerprint density at radius 3 is 2.41 bits per heavy atom. The fraction of sp³-hybridized carbons (Fsp3) is 0.143. The molecule has 1 aromatic heterocycles. The molecule has 0 atom stereocenters. The summed E-state index contributed by atoms with van der Waals surface area (Å²) in [5, 5.41) is 0. The van der Waals surface area contributed by atoms with Gasteiger partial charge in [-0.15, -0.1) is 0 Å². The highest BCUT2D eigenvalue weighted by molar-refractivity contribution is 9.10. The standard InChI is InChI=1S/C14H12BrNO/c1-2-10-3-5-11(6-4-10)14(17)13-8-7-12(15)9-16-13/h3-9H,2H2,1H3. The van der Waals surface area contributed by atoms with E-state index in [-0.39, 0.29) is 5.78 Å². The number of hydrogen-bond donors (Lipinski definition) is 0. The number of carbonyl (C=O) groups excluding carboxylic acids is 1. The minimum absolute atomic E-state index is 0.0415. The molecule has 0 aliphatic heterocycles. The predicted octanol–water partition coefficient (Wildman–Crippen LogP) is 3.64. The van der Waals surface area contributed by atoms with E-state index in [1.165, 1.54) is 5.56 Å². The van der Waals surface area contributed by atoms with E-state index in [2.05, 4.69) is 27.8 Å². The Morgan fingerprint density at radius 2 is 1.88 bits per heavy atom. The third-order valence-corrected chi connectivity index (χ3v) is 3.05. The van der Waals surface area contributed by atoms with Gasteiger partial charge in [0.1, 0.15) is 5.69 Å². The molecule has 1 heterocycles. The molecule has 2 rings (SSSR count). The van der Waals surface area contributed by atoms with Gasteiger partial charge in [0, 0.05) is 16.2 Å². The highest BCUT2D eigenvalue weighted by Crippen LogP contribution is 2.12. The molecule has 17 heavy (non-hydrogen) atoms. The quantitative estimate of drug-likeness (QED) is 0.808. The van der Waals surface area contributed by atoms with E-state index in [1.807, 2.05) is 30.3 Å². The molecule has 0 N–H and O–H groups in total. The molecule has 1 aromatic carbocycles. The molecular weight excluding hydrogens is 278 g/mol. The van der Waals surface area contributed by atoms with Crippen molar-refractivity contribution in [3.63, 3.8) is 0 Å². The van der Waals surface area contributed by atoms with Gasteiger partial charge in [-0.2, -0.15) is 0 Å². The lowest BCUT2D eigenvalue weighted by atomic mass is 10.0. The van der Waals surface area contributed by atoms with Crippen LogP contribution in [0.2, 0.25) is 0 Å². The zero-order valence-electron chi connectivity index (χ0n) is 9.48. The number of nitrogens with zero attached hydrogens (tertiary/aromatic N) is 1. The maximum atomic E-state index is 12.1. The smallest absolute Gasteiger partial charge is 0.211 e. The van der Waals surface area contributed by atoms with E-state index < -0.39 is 0 Å². The van der Waals surface area contributed by atoms with E-state index >= 15 is 0 Å². The average molecular weight is 290 g/mol. The van der Waals surface area contributed by atoms with Crippen LogP contribution in [0.25, 0.3) is 0 Å². The number of halogens is 1. The average Bonchev–Trinajstić information content (AvgIpc) is 2.39. The summed E-state index contributed by atoms with van der Waals surface area (Å²) in [7, 11) is 0. The van der Waals surface area contributed by atoms with Gasteiger partial charge in [-0.1, -0.05) is 31.2 Å². The molecule has 0 fully saturated rings. The fourth-order valence-corrected chi connectivity index (χ4v) is 1.78. The van der Waals surface area contributed by atoms with Crippen molar-refractivity contribution in [2.45, 2.75) is 13.3 Å². The van der Waals surface area contributed by atoms with Gasteiger partial charge in [-0.3, -0.25) is 9.78 Å². The van der Waals surface area contributed by atoms with Crippen LogP contribution in [-0.2, 0) is 6.42 Å². The molecule has 0 radical (unpaired) electrons. The van der Waals surface area contributed by atoms with Crippen LogP contribution in [-0.4, -0.2) is 10.8 Å².